The fourth-order valence-electron chi connectivity index (χ4n) is 4.61. The minimum atomic E-state index is -5.41. The Morgan fingerprint density at radius 2 is 1.90 bits per heavy atom. The minimum Gasteiger partial charge on any atom is -0.393 e. The molecule has 2 aliphatic rings. The summed E-state index contributed by atoms with van der Waals surface area (Å²) in [6.45, 7) is -5.39. The first-order valence-electron chi connectivity index (χ1n) is 12.0. The van der Waals surface area contributed by atoms with Crippen molar-refractivity contribution in [3.63, 3.8) is 0 Å². The molecule has 18 heteroatoms. The van der Waals surface area contributed by atoms with E-state index < -0.39 is 70.1 Å². The Labute approximate surface area is 225 Å². The molecule has 1 aliphatic heterocycles. The van der Waals surface area contributed by atoms with Crippen LogP contribution in [0.25, 0.3) is 10.9 Å². The number of hydrogen-bond acceptors (Lipinski definition) is 10. The quantitative estimate of drug-likeness (QED) is 0.160. The van der Waals surface area contributed by atoms with Crippen LogP contribution in [0.5, 0.6) is 0 Å². The highest BCUT2D eigenvalue weighted by Gasteiger charge is 2.52. The number of ether oxygens (including phenoxy) is 3. The second-order valence-electron chi connectivity index (χ2n) is 9.55. The van der Waals surface area contributed by atoms with Crippen molar-refractivity contribution in [3.05, 3.63) is 17.4 Å². The molecule has 0 bridgehead atoms. The molecule has 5 atom stereocenters. The maximum Gasteiger partial charge on any atom is 0.411 e. The van der Waals surface area contributed by atoms with Gasteiger partial charge in [-0.1, -0.05) is 24.4 Å². The predicted octanol–water partition coefficient (Wildman–Crippen LogP) is 1.52. The lowest BCUT2D eigenvalue weighted by Gasteiger charge is -2.33. The van der Waals surface area contributed by atoms with Crippen LogP contribution in [0, 0.1) is 0 Å². The molecule has 2 aromatic rings. The Morgan fingerprint density at radius 3 is 2.51 bits per heavy atom. The first-order chi connectivity index (χ1) is 18.2. The molecule has 1 aliphatic carbocycles. The van der Waals surface area contributed by atoms with Gasteiger partial charge in [-0.25, -0.2) is 9.67 Å². The smallest absolute Gasteiger partial charge is 0.393 e. The van der Waals surface area contributed by atoms with Crippen LogP contribution in [-0.2, 0) is 18.8 Å². The number of hydrogen-bond donors (Lipinski definition) is 6. The highest BCUT2D eigenvalue weighted by Crippen LogP contribution is 2.51. The number of aliphatic hydroxyl groups is 3. The van der Waals surface area contributed by atoms with Crippen LogP contribution in [0.3, 0.4) is 0 Å². The fourth-order valence-corrected chi connectivity index (χ4v) is 5.49. The maximum absolute atomic E-state index is 12.5. The molecule has 4 rings (SSSR count). The van der Waals surface area contributed by atoms with E-state index in [-0.39, 0.29) is 11.2 Å². The highest BCUT2D eigenvalue weighted by molar-refractivity contribution is 7.53. The van der Waals surface area contributed by atoms with Crippen LogP contribution in [0.4, 0.5) is 19.0 Å². The molecule has 0 amide bonds. The summed E-state index contributed by atoms with van der Waals surface area (Å²) in [7, 11) is -5.41. The molecule has 39 heavy (non-hydrogen) atoms. The van der Waals surface area contributed by atoms with E-state index in [1.807, 2.05) is 0 Å². The van der Waals surface area contributed by atoms with Gasteiger partial charge in [-0.2, -0.15) is 18.3 Å². The Hall–Kier alpha value is -1.59. The molecule has 0 aromatic carbocycles. The Morgan fingerprint density at radius 1 is 1.21 bits per heavy atom. The van der Waals surface area contributed by atoms with Crippen molar-refractivity contribution in [1.82, 2.24) is 14.8 Å². The number of pyridine rings is 1. The molecule has 1 saturated heterocycles. The van der Waals surface area contributed by atoms with Crippen molar-refractivity contribution in [1.29, 1.82) is 0 Å². The summed E-state index contributed by atoms with van der Waals surface area (Å²) >= 11 is 6.22. The first-order valence-corrected chi connectivity index (χ1v) is 14.0. The van der Waals surface area contributed by atoms with E-state index in [4.69, 9.17) is 21.1 Å². The monoisotopic (exact) mass is 604 g/mol. The molecule has 0 radical (unpaired) electrons. The van der Waals surface area contributed by atoms with Crippen molar-refractivity contribution in [2.75, 3.05) is 31.7 Å². The van der Waals surface area contributed by atoms with Gasteiger partial charge in [-0.05, 0) is 12.8 Å². The lowest BCUT2D eigenvalue weighted by atomic mass is 10.1. The van der Waals surface area contributed by atoms with Gasteiger partial charge in [-0.3, -0.25) is 4.57 Å². The van der Waals surface area contributed by atoms with Crippen LogP contribution in [0.1, 0.15) is 31.9 Å². The van der Waals surface area contributed by atoms with Gasteiger partial charge in [0.1, 0.15) is 35.9 Å². The van der Waals surface area contributed by atoms with Gasteiger partial charge in [-0.15, -0.1) is 0 Å². The zero-order valence-electron chi connectivity index (χ0n) is 20.4. The molecule has 0 spiro atoms. The molecular formula is C21H29ClF3N4O9P. The number of anilines is 1. The maximum atomic E-state index is 12.5. The number of aromatic nitrogens is 3. The van der Waals surface area contributed by atoms with Crippen LogP contribution in [-0.4, -0.2) is 102 Å². The third-order valence-corrected chi connectivity index (χ3v) is 8.38. The number of halogens is 4. The number of rotatable bonds is 11. The summed E-state index contributed by atoms with van der Waals surface area (Å²) in [6, 6.07) is 1.69. The third-order valence-electron chi connectivity index (χ3n) is 6.73. The van der Waals surface area contributed by atoms with Crippen molar-refractivity contribution in [3.8, 4) is 0 Å². The number of nitrogens with one attached hydrogen (secondary N) is 1. The lowest BCUT2D eigenvalue weighted by molar-refractivity contribution is -0.192. The van der Waals surface area contributed by atoms with E-state index in [0.717, 1.165) is 25.7 Å². The highest BCUT2D eigenvalue weighted by atomic mass is 35.5. The molecule has 6 N–H and O–H groups in total. The molecule has 13 nitrogen and oxygen atoms in total. The van der Waals surface area contributed by atoms with E-state index in [0.29, 0.717) is 16.7 Å². The van der Waals surface area contributed by atoms with E-state index in [2.05, 4.69) is 20.1 Å². The summed E-state index contributed by atoms with van der Waals surface area (Å²) in [5.74, 6) is 0.483. The normalized spacial score (nSPS) is 26.4. The number of alkyl halides is 3. The molecule has 0 unspecified atom stereocenters. The Bertz CT molecular complexity index is 1200. The molecular weight excluding hydrogens is 576 g/mol. The second-order valence-corrected chi connectivity index (χ2v) is 11.8. The van der Waals surface area contributed by atoms with E-state index >= 15 is 0 Å². The van der Waals surface area contributed by atoms with Crippen molar-refractivity contribution >= 4 is 35.9 Å². The SMILES string of the molecule is O=P(O)(O)[C@](CO)(COCC(F)(F)F)OC[C@H]1O[C@@H](n2ncc3c(NC4CCCC4)nc(Cl)cc32)[C@H](O)[C@@H]1O. The molecule has 2 fully saturated rings. The largest absolute Gasteiger partial charge is 0.411 e. The fraction of sp³-hybridized carbons (Fsp3) is 0.714. The molecule has 1 saturated carbocycles. The summed E-state index contributed by atoms with van der Waals surface area (Å²) in [4.78, 5) is 23.7. The second kappa shape index (κ2) is 11.7. The third kappa shape index (κ3) is 6.67. The van der Waals surface area contributed by atoms with Crippen molar-refractivity contribution < 1.29 is 57.1 Å². The van der Waals surface area contributed by atoms with Gasteiger partial charge in [0.25, 0.3) is 0 Å². The molecule has 3 heterocycles. The van der Waals surface area contributed by atoms with Crippen LogP contribution >= 0.6 is 19.2 Å². The van der Waals surface area contributed by atoms with Gasteiger partial charge >= 0.3 is 13.8 Å². The molecule has 2 aromatic heterocycles. The minimum absolute atomic E-state index is 0.130. The zero-order chi connectivity index (χ0) is 28.6. The Balaban J connectivity index is 1.51. The number of aliphatic hydroxyl groups excluding tert-OH is 3. The predicted molar refractivity (Wildman–Crippen MR) is 129 cm³/mol. The lowest BCUT2D eigenvalue weighted by Crippen LogP contribution is -2.45. The Kier molecular flexibility index (Phi) is 9.13. The summed E-state index contributed by atoms with van der Waals surface area (Å²) in [5.41, 5.74) is 0.411. The van der Waals surface area contributed by atoms with Crippen molar-refractivity contribution in [2.24, 2.45) is 0 Å². The van der Waals surface area contributed by atoms with Gasteiger partial charge in [0, 0.05) is 12.1 Å². The van der Waals surface area contributed by atoms with Crippen LogP contribution in [0.15, 0.2) is 12.3 Å². The first kappa shape index (κ1) is 30.4. The topological polar surface area (TPSA) is 189 Å². The number of fused-ring (bicyclic) bond motifs is 1. The number of nitrogens with zero attached hydrogens (tertiary/aromatic N) is 3. The van der Waals surface area contributed by atoms with E-state index in [9.17, 15) is 42.8 Å². The summed E-state index contributed by atoms with van der Waals surface area (Å²) in [5, 5.41) is 36.3. The van der Waals surface area contributed by atoms with E-state index in [1.165, 1.54) is 16.9 Å². The molecule has 220 valence electrons. The van der Waals surface area contributed by atoms with Gasteiger partial charge in [0.15, 0.2) is 6.23 Å². The summed E-state index contributed by atoms with van der Waals surface area (Å²) < 4.78 is 65.9. The average Bonchev–Trinajstić information content (AvgIpc) is 3.56. The van der Waals surface area contributed by atoms with Crippen LogP contribution in [0.2, 0.25) is 5.15 Å². The summed E-state index contributed by atoms with van der Waals surface area (Å²) in [6.07, 6.45) is -5.20. The standard InChI is InChI=1S/C21H29ClF3N4O9P/c22-15-5-13-12(18(28-15)27-11-3-1-2-4-11)6-26-29(13)19-17(32)16(31)14(38-19)7-37-20(8-30,39(33,34)35)9-36-10-21(23,24)25/h5-6,11,14,16-17,19,30-32H,1-4,7-10H2,(H,27,28)(H2,33,34,35)/t14-,16-,17-,19-,20-/m1/s1. The van der Waals surface area contributed by atoms with Gasteiger partial charge in [0.05, 0.1) is 36.9 Å². The van der Waals surface area contributed by atoms with Gasteiger partial charge < -0.3 is 44.6 Å². The van der Waals surface area contributed by atoms with Crippen LogP contribution < -0.4 is 5.32 Å². The van der Waals surface area contributed by atoms with Gasteiger partial charge in [0.2, 0.25) is 5.34 Å². The average molecular weight is 605 g/mol. The zero-order valence-corrected chi connectivity index (χ0v) is 22.0. The van der Waals surface area contributed by atoms with Crippen molar-refractivity contribution in [2.45, 2.75) is 67.8 Å². The van der Waals surface area contributed by atoms with E-state index in [1.54, 1.807) is 0 Å².